The van der Waals surface area contributed by atoms with Gasteiger partial charge in [-0.15, -0.1) is 10.2 Å². The molecule has 2 rings (SSSR count). The number of hydrogen-bond acceptors (Lipinski definition) is 5. The summed E-state index contributed by atoms with van der Waals surface area (Å²) in [7, 11) is 0. The van der Waals surface area contributed by atoms with Gasteiger partial charge in [-0.25, -0.2) is 0 Å². The van der Waals surface area contributed by atoms with Crippen LogP contribution in [0.15, 0.2) is 10.5 Å². The van der Waals surface area contributed by atoms with Crippen molar-refractivity contribution in [1.82, 2.24) is 15.5 Å². The van der Waals surface area contributed by atoms with Crippen molar-refractivity contribution in [3.8, 4) is 10.6 Å². The summed E-state index contributed by atoms with van der Waals surface area (Å²) in [6.45, 7) is 10.1. The van der Waals surface area contributed by atoms with Crippen LogP contribution in [0.2, 0.25) is 0 Å². The quantitative estimate of drug-likeness (QED) is 0.902. The van der Waals surface area contributed by atoms with Crippen molar-refractivity contribution in [2.75, 3.05) is 6.54 Å². The first kappa shape index (κ1) is 13.2. The highest BCUT2D eigenvalue weighted by atomic mass is 32.1. The number of hydrogen-bond donors (Lipinski definition) is 1. The van der Waals surface area contributed by atoms with Crippen LogP contribution in [0.3, 0.4) is 0 Å². The Morgan fingerprint density at radius 1 is 1.33 bits per heavy atom. The number of nitrogens with one attached hydrogen (secondary N) is 1. The minimum Gasteiger partial charge on any atom is -0.466 e. The molecule has 1 N–H and O–H groups in total. The van der Waals surface area contributed by atoms with Crippen molar-refractivity contribution < 1.29 is 4.42 Å². The topological polar surface area (TPSA) is 51.0 Å². The predicted octanol–water partition coefficient (Wildman–Crippen LogP) is 3.16. The van der Waals surface area contributed by atoms with Gasteiger partial charge >= 0.3 is 0 Å². The second-order valence-electron chi connectivity index (χ2n) is 4.85. The maximum atomic E-state index is 5.51. The van der Waals surface area contributed by atoms with Gasteiger partial charge in [0.2, 0.25) is 0 Å². The van der Waals surface area contributed by atoms with Crippen LogP contribution in [0.5, 0.6) is 0 Å². The first-order valence-electron chi connectivity index (χ1n) is 6.16. The number of aryl methyl sites for hydroxylation is 2. The molecule has 0 bridgehead atoms. The van der Waals surface area contributed by atoms with Crippen LogP contribution in [-0.2, 0) is 6.54 Å². The fourth-order valence-corrected chi connectivity index (χ4v) is 2.62. The van der Waals surface area contributed by atoms with Crippen molar-refractivity contribution in [3.05, 3.63) is 22.6 Å². The third-order valence-corrected chi connectivity index (χ3v) is 3.52. The van der Waals surface area contributed by atoms with E-state index in [0.717, 1.165) is 40.2 Å². The van der Waals surface area contributed by atoms with Gasteiger partial charge in [0.05, 0.1) is 5.56 Å². The Bertz CT molecular complexity index is 516. The molecular weight excluding hydrogens is 246 g/mol. The molecule has 0 saturated heterocycles. The van der Waals surface area contributed by atoms with Crippen molar-refractivity contribution in [1.29, 1.82) is 0 Å². The molecule has 0 fully saturated rings. The second kappa shape index (κ2) is 5.63. The summed E-state index contributed by atoms with van der Waals surface area (Å²) >= 11 is 1.62. The van der Waals surface area contributed by atoms with E-state index >= 15 is 0 Å². The second-order valence-corrected chi connectivity index (χ2v) is 5.91. The number of furan rings is 1. The van der Waals surface area contributed by atoms with Crippen LogP contribution in [0, 0.1) is 19.8 Å². The SMILES string of the molecule is Cc1cc(-c2nnc(CNCC(C)C)s2)c(C)o1. The van der Waals surface area contributed by atoms with Crippen LogP contribution in [-0.4, -0.2) is 16.7 Å². The summed E-state index contributed by atoms with van der Waals surface area (Å²) in [4.78, 5) is 0. The number of nitrogens with zero attached hydrogens (tertiary/aromatic N) is 2. The molecule has 0 amide bonds. The lowest BCUT2D eigenvalue weighted by Gasteiger charge is -2.03. The molecule has 0 aliphatic heterocycles. The molecule has 2 aromatic rings. The molecule has 0 saturated carbocycles. The third-order valence-electron chi connectivity index (χ3n) is 2.57. The van der Waals surface area contributed by atoms with Gasteiger partial charge < -0.3 is 9.73 Å². The summed E-state index contributed by atoms with van der Waals surface area (Å²) in [5.74, 6) is 2.47. The first-order chi connectivity index (χ1) is 8.56. The largest absolute Gasteiger partial charge is 0.466 e. The van der Waals surface area contributed by atoms with Gasteiger partial charge in [-0.1, -0.05) is 25.2 Å². The lowest BCUT2D eigenvalue weighted by molar-refractivity contribution is 0.505. The van der Waals surface area contributed by atoms with E-state index in [1.54, 1.807) is 11.3 Å². The van der Waals surface area contributed by atoms with E-state index in [9.17, 15) is 0 Å². The van der Waals surface area contributed by atoms with Gasteiger partial charge in [0.1, 0.15) is 16.5 Å². The van der Waals surface area contributed by atoms with Gasteiger partial charge in [-0.05, 0) is 32.4 Å². The van der Waals surface area contributed by atoms with E-state index in [-0.39, 0.29) is 0 Å². The highest BCUT2D eigenvalue weighted by Crippen LogP contribution is 2.28. The van der Waals surface area contributed by atoms with E-state index in [1.165, 1.54) is 0 Å². The third kappa shape index (κ3) is 3.17. The van der Waals surface area contributed by atoms with Crippen LogP contribution in [0.4, 0.5) is 0 Å². The Balaban J connectivity index is 2.04. The average Bonchev–Trinajstić information content (AvgIpc) is 2.85. The molecule has 2 aromatic heterocycles. The Morgan fingerprint density at radius 3 is 2.72 bits per heavy atom. The summed E-state index contributed by atoms with van der Waals surface area (Å²) < 4.78 is 5.51. The van der Waals surface area contributed by atoms with E-state index < -0.39 is 0 Å². The van der Waals surface area contributed by atoms with Crippen molar-refractivity contribution in [2.24, 2.45) is 5.92 Å². The highest BCUT2D eigenvalue weighted by Gasteiger charge is 2.12. The van der Waals surface area contributed by atoms with Gasteiger partial charge in [0.25, 0.3) is 0 Å². The summed E-state index contributed by atoms with van der Waals surface area (Å²) in [5, 5.41) is 13.8. The van der Waals surface area contributed by atoms with Gasteiger partial charge in [-0.3, -0.25) is 0 Å². The van der Waals surface area contributed by atoms with Crippen LogP contribution in [0.25, 0.3) is 10.6 Å². The molecule has 4 nitrogen and oxygen atoms in total. The fraction of sp³-hybridized carbons (Fsp3) is 0.538. The van der Waals surface area contributed by atoms with E-state index in [4.69, 9.17) is 4.42 Å². The van der Waals surface area contributed by atoms with Crippen molar-refractivity contribution in [3.63, 3.8) is 0 Å². The van der Waals surface area contributed by atoms with Crippen LogP contribution in [0.1, 0.15) is 30.4 Å². The molecule has 18 heavy (non-hydrogen) atoms. The van der Waals surface area contributed by atoms with Crippen molar-refractivity contribution in [2.45, 2.75) is 34.2 Å². The summed E-state index contributed by atoms with van der Waals surface area (Å²) in [6, 6.07) is 2.02. The molecule has 0 aliphatic carbocycles. The Kier molecular flexibility index (Phi) is 4.14. The Labute approximate surface area is 111 Å². The van der Waals surface area contributed by atoms with Gasteiger partial charge in [0.15, 0.2) is 5.01 Å². The molecule has 98 valence electrons. The van der Waals surface area contributed by atoms with Gasteiger partial charge in [-0.2, -0.15) is 0 Å². The Morgan fingerprint density at radius 2 is 2.11 bits per heavy atom. The minimum atomic E-state index is 0.649. The Hall–Kier alpha value is -1.20. The van der Waals surface area contributed by atoms with Crippen LogP contribution >= 0.6 is 11.3 Å². The van der Waals surface area contributed by atoms with E-state index in [2.05, 4.69) is 29.4 Å². The first-order valence-corrected chi connectivity index (χ1v) is 6.98. The smallest absolute Gasteiger partial charge is 0.151 e. The molecular formula is C13H19N3OS. The molecule has 0 spiro atoms. The zero-order chi connectivity index (χ0) is 13.1. The minimum absolute atomic E-state index is 0.649. The van der Waals surface area contributed by atoms with E-state index in [0.29, 0.717) is 5.92 Å². The fourth-order valence-electron chi connectivity index (χ4n) is 1.74. The lowest BCUT2D eigenvalue weighted by atomic mass is 10.2. The number of aromatic nitrogens is 2. The average molecular weight is 265 g/mol. The maximum Gasteiger partial charge on any atom is 0.151 e. The zero-order valence-corrected chi connectivity index (χ0v) is 12.1. The zero-order valence-electron chi connectivity index (χ0n) is 11.3. The molecule has 0 aliphatic rings. The maximum absolute atomic E-state index is 5.51. The van der Waals surface area contributed by atoms with Crippen LogP contribution < -0.4 is 5.32 Å². The molecule has 5 heteroatoms. The summed E-state index contributed by atoms with van der Waals surface area (Å²) in [5.41, 5.74) is 1.06. The molecule has 0 radical (unpaired) electrons. The normalized spacial score (nSPS) is 11.4. The molecule has 0 atom stereocenters. The molecule has 0 aromatic carbocycles. The standard InChI is InChI=1S/C13H19N3OS/c1-8(2)6-14-7-12-15-16-13(18-12)11-5-9(3)17-10(11)4/h5,8,14H,6-7H2,1-4H3. The number of rotatable bonds is 5. The van der Waals surface area contributed by atoms with Crippen molar-refractivity contribution >= 4 is 11.3 Å². The predicted molar refractivity (Wildman–Crippen MR) is 73.6 cm³/mol. The highest BCUT2D eigenvalue weighted by molar-refractivity contribution is 7.14. The van der Waals surface area contributed by atoms with E-state index in [1.807, 2.05) is 19.9 Å². The monoisotopic (exact) mass is 265 g/mol. The molecule has 2 heterocycles. The lowest BCUT2D eigenvalue weighted by Crippen LogP contribution is -2.18. The molecule has 0 unspecified atom stereocenters. The van der Waals surface area contributed by atoms with Gasteiger partial charge in [0, 0.05) is 6.54 Å². The summed E-state index contributed by atoms with van der Waals surface area (Å²) in [6.07, 6.45) is 0.